The molecule has 1 unspecified atom stereocenters. The van der Waals surface area contributed by atoms with Crippen molar-refractivity contribution in [2.24, 2.45) is 0 Å². The molecule has 0 saturated carbocycles. The number of rotatable bonds is 2. The van der Waals surface area contributed by atoms with E-state index in [2.05, 4.69) is 28.1 Å². The second-order valence-corrected chi connectivity index (χ2v) is 5.80. The number of hydrogen-bond donors (Lipinski definition) is 1. The molecule has 2 heteroatoms. The van der Waals surface area contributed by atoms with Crippen molar-refractivity contribution < 1.29 is 5.11 Å². The first kappa shape index (κ1) is 13.3. The molecule has 0 bridgehead atoms. The third-order valence-corrected chi connectivity index (χ3v) is 4.37. The lowest BCUT2D eigenvalue weighted by Crippen LogP contribution is -2.02. The molecule has 0 aliphatic carbocycles. The topological polar surface area (TPSA) is 20.2 Å². The van der Waals surface area contributed by atoms with Crippen molar-refractivity contribution in [3.8, 4) is 0 Å². The molecule has 20 heavy (non-hydrogen) atoms. The zero-order chi connectivity index (χ0) is 14.1. The van der Waals surface area contributed by atoms with Crippen molar-refractivity contribution >= 4 is 26.7 Å². The van der Waals surface area contributed by atoms with Gasteiger partial charge in [-0.25, -0.2) is 0 Å². The molecular formula is C18H15BrO. The van der Waals surface area contributed by atoms with E-state index in [4.69, 9.17) is 0 Å². The van der Waals surface area contributed by atoms with E-state index in [1.165, 1.54) is 0 Å². The van der Waals surface area contributed by atoms with Crippen LogP contribution in [-0.2, 0) is 0 Å². The largest absolute Gasteiger partial charge is 0.384 e. The average Bonchev–Trinajstić information content (AvgIpc) is 2.48. The average molecular weight is 327 g/mol. The van der Waals surface area contributed by atoms with E-state index in [9.17, 15) is 5.11 Å². The quantitative estimate of drug-likeness (QED) is 0.703. The van der Waals surface area contributed by atoms with Crippen LogP contribution < -0.4 is 0 Å². The lowest BCUT2D eigenvalue weighted by Gasteiger charge is -2.17. The van der Waals surface area contributed by atoms with Crippen LogP contribution in [0.15, 0.2) is 65.1 Å². The van der Waals surface area contributed by atoms with E-state index in [0.29, 0.717) is 0 Å². The molecule has 1 atom stereocenters. The second-order valence-electron chi connectivity index (χ2n) is 4.94. The van der Waals surface area contributed by atoms with E-state index in [-0.39, 0.29) is 0 Å². The van der Waals surface area contributed by atoms with E-state index < -0.39 is 6.10 Å². The molecule has 0 aliphatic heterocycles. The van der Waals surface area contributed by atoms with Crippen LogP contribution in [0.2, 0.25) is 0 Å². The summed E-state index contributed by atoms with van der Waals surface area (Å²) in [6.07, 6.45) is -0.603. The van der Waals surface area contributed by atoms with Gasteiger partial charge in [-0.05, 0) is 40.5 Å². The van der Waals surface area contributed by atoms with Gasteiger partial charge in [-0.1, -0.05) is 70.5 Å². The van der Waals surface area contributed by atoms with Gasteiger partial charge in [-0.3, -0.25) is 0 Å². The van der Waals surface area contributed by atoms with Crippen LogP contribution in [0.5, 0.6) is 0 Å². The van der Waals surface area contributed by atoms with Gasteiger partial charge in [0.05, 0.1) is 0 Å². The molecule has 0 spiro atoms. The van der Waals surface area contributed by atoms with Crippen LogP contribution in [0, 0.1) is 6.92 Å². The Morgan fingerprint density at radius 2 is 1.45 bits per heavy atom. The number of aliphatic hydroxyl groups is 1. The summed E-state index contributed by atoms with van der Waals surface area (Å²) in [4.78, 5) is 0. The van der Waals surface area contributed by atoms with Gasteiger partial charge in [0.1, 0.15) is 6.10 Å². The minimum absolute atomic E-state index is 0.603. The van der Waals surface area contributed by atoms with Crippen LogP contribution in [-0.4, -0.2) is 5.11 Å². The molecule has 0 saturated heterocycles. The molecule has 0 fully saturated rings. The number of aryl methyl sites for hydroxylation is 1. The minimum atomic E-state index is -0.603. The Hall–Kier alpha value is -1.64. The first-order valence-electron chi connectivity index (χ1n) is 6.59. The Morgan fingerprint density at radius 1 is 0.800 bits per heavy atom. The Balaban J connectivity index is 2.20. The fourth-order valence-corrected chi connectivity index (χ4v) is 3.06. The van der Waals surface area contributed by atoms with Gasteiger partial charge in [0.2, 0.25) is 0 Å². The lowest BCUT2D eigenvalue weighted by atomic mass is 9.93. The van der Waals surface area contributed by atoms with Gasteiger partial charge in [-0.15, -0.1) is 0 Å². The standard InChI is InChI=1S/C18H15BrO/c1-12-6-2-3-7-13(12)18(20)16-10-11-17(19)15-9-5-4-8-14(15)16/h2-11,18,20H,1H3. The highest BCUT2D eigenvalue weighted by Crippen LogP contribution is 2.33. The van der Waals surface area contributed by atoms with E-state index in [1.54, 1.807) is 0 Å². The van der Waals surface area contributed by atoms with Gasteiger partial charge in [0.15, 0.2) is 0 Å². The molecule has 3 rings (SSSR count). The molecule has 0 aliphatic rings. The van der Waals surface area contributed by atoms with Gasteiger partial charge < -0.3 is 5.11 Å². The van der Waals surface area contributed by atoms with Crippen molar-refractivity contribution in [3.05, 3.63) is 81.8 Å². The molecule has 1 N–H and O–H groups in total. The number of halogens is 1. The number of benzene rings is 3. The minimum Gasteiger partial charge on any atom is -0.384 e. The molecule has 0 amide bonds. The molecule has 3 aromatic rings. The van der Waals surface area contributed by atoms with Gasteiger partial charge in [0.25, 0.3) is 0 Å². The van der Waals surface area contributed by atoms with E-state index in [1.807, 2.05) is 55.5 Å². The maximum atomic E-state index is 10.7. The second kappa shape index (κ2) is 5.39. The number of aliphatic hydroxyl groups excluding tert-OH is 1. The van der Waals surface area contributed by atoms with Crippen molar-refractivity contribution in [1.82, 2.24) is 0 Å². The van der Waals surface area contributed by atoms with Crippen LogP contribution in [0.4, 0.5) is 0 Å². The summed E-state index contributed by atoms with van der Waals surface area (Å²) in [5, 5.41) is 13.0. The Labute approximate surface area is 127 Å². The Kier molecular flexibility index (Phi) is 3.60. The summed E-state index contributed by atoms with van der Waals surface area (Å²) in [5.74, 6) is 0. The predicted molar refractivity (Wildman–Crippen MR) is 86.9 cm³/mol. The zero-order valence-corrected chi connectivity index (χ0v) is 12.8. The van der Waals surface area contributed by atoms with Gasteiger partial charge >= 0.3 is 0 Å². The normalized spacial score (nSPS) is 12.6. The molecule has 3 aromatic carbocycles. The first-order chi connectivity index (χ1) is 9.68. The van der Waals surface area contributed by atoms with Crippen LogP contribution in [0.25, 0.3) is 10.8 Å². The zero-order valence-electron chi connectivity index (χ0n) is 11.2. The third kappa shape index (κ3) is 2.26. The number of fused-ring (bicyclic) bond motifs is 1. The summed E-state index contributed by atoms with van der Waals surface area (Å²) in [7, 11) is 0. The monoisotopic (exact) mass is 326 g/mol. The molecule has 100 valence electrons. The highest BCUT2D eigenvalue weighted by atomic mass is 79.9. The van der Waals surface area contributed by atoms with Crippen molar-refractivity contribution in [3.63, 3.8) is 0 Å². The number of hydrogen-bond acceptors (Lipinski definition) is 1. The highest BCUT2D eigenvalue weighted by molar-refractivity contribution is 9.10. The van der Waals surface area contributed by atoms with Crippen molar-refractivity contribution in [2.75, 3.05) is 0 Å². The first-order valence-corrected chi connectivity index (χ1v) is 7.38. The Bertz CT molecular complexity index is 764. The van der Waals surface area contributed by atoms with Crippen molar-refractivity contribution in [1.29, 1.82) is 0 Å². The third-order valence-electron chi connectivity index (χ3n) is 3.68. The maximum absolute atomic E-state index is 10.7. The maximum Gasteiger partial charge on any atom is 0.105 e. The van der Waals surface area contributed by atoms with Crippen LogP contribution in [0.3, 0.4) is 0 Å². The van der Waals surface area contributed by atoms with Crippen LogP contribution >= 0.6 is 15.9 Å². The smallest absolute Gasteiger partial charge is 0.105 e. The molecule has 0 aromatic heterocycles. The summed E-state index contributed by atoms with van der Waals surface area (Å²) >= 11 is 3.57. The summed E-state index contributed by atoms with van der Waals surface area (Å²) < 4.78 is 1.05. The lowest BCUT2D eigenvalue weighted by molar-refractivity contribution is 0.221. The van der Waals surface area contributed by atoms with E-state index in [0.717, 1.165) is 31.9 Å². The summed E-state index contributed by atoms with van der Waals surface area (Å²) in [6, 6.07) is 20.1. The molecular weight excluding hydrogens is 312 g/mol. The van der Waals surface area contributed by atoms with Crippen molar-refractivity contribution in [2.45, 2.75) is 13.0 Å². The SMILES string of the molecule is Cc1ccccc1C(O)c1ccc(Br)c2ccccc12. The fourth-order valence-electron chi connectivity index (χ4n) is 2.59. The van der Waals surface area contributed by atoms with Gasteiger partial charge in [-0.2, -0.15) is 0 Å². The summed E-state index contributed by atoms with van der Waals surface area (Å²) in [5.41, 5.74) is 3.00. The van der Waals surface area contributed by atoms with Gasteiger partial charge in [0, 0.05) is 4.47 Å². The van der Waals surface area contributed by atoms with Crippen LogP contribution in [0.1, 0.15) is 22.8 Å². The molecule has 0 radical (unpaired) electrons. The summed E-state index contributed by atoms with van der Waals surface area (Å²) in [6.45, 7) is 2.03. The Morgan fingerprint density at radius 3 is 2.20 bits per heavy atom. The molecule has 0 heterocycles. The predicted octanol–water partition coefficient (Wildman–Crippen LogP) is 4.99. The fraction of sp³-hybridized carbons (Fsp3) is 0.111. The van der Waals surface area contributed by atoms with E-state index >= 15 is 0 Å². The molecule has 1 nitrogen and oxygen atoms in total. The highest BCUT2D eigenvalue weighted by Gasteiger charge is 2.15.